The van der Waals surface area contributed by atoms with Crippen molar-refractivity contribution in [3.8, 4) is 11.1 Å². The summed E-state index contributed by atoms with van der Waals surface area (Å²) in [6, 6.07) is 21.3. The van der Waals surface area contributed by atoms with Crippen LogP contribution in [0.1, 0.15) is 0 Å². The summed E-state index contributed by atoms with van der Waals surface area (Å²) in [6.07, 6.45) is 0. The fourth-order valence-corrected chi connectivity index (χ4v) is 2.86. The molecule has 0 aliphatic heterocycles. The monoisotopic (exact) mass is 292 g/mol. The zero-order valence-corrected chi connectivity index (χ0v) is 10.9. The molecule has 0 aliphatic rings. The Morgan fingerprint density at radius 3 is 2.10 bits per heavy atom. The van der Waals surface area contributed by atoms with Crippen LogP contribution in [0.2, 0.25) is 0 Å². The maximum atomic E-state index is 11.4. The third kappa shape index (κ3) is 2.87. The van der Waals surface area contributed by atoms with Gasteiger partial charge in [-0.15, -0.1) is 0 Å². The molecule has 3 rings (SSSR count). The molecule has 1 atom stereocenters. The first-order valence-electron chi connectivity index (χ1n) is 5.95. The van der Waals surface area contributed by atoms with Crippen molar-refractivity contribution in [1.29, 1.82) is 0 Å². The SMILES string of the molecule is O=S(O)c1cccc2c(-c3ccccc3)cccc12.[NaH]. The van der Waals surface area contributed by atoms with Gasteiger partial charge >= 0.3 is 29.6 Å². The standard InChI is InChI=1S/C16H12O2S.Na.H/c17-19(18)16-11-5-9-14-13(8-4-10-15(14)16)12-6-2-1-3-7-12;;/h1-11H,(H,17,18);;. The van der Waals surface area contributed by atoms with Crippen LogP contribution in [0.4, 0.5) is 0 Å². The van der Waals surface area contributed by atoms with E-state index in [1.54, 1.807) is 6.07 Å². The van der Waals surface area contributed by atoms with E-state index in [0.717, 1.165) is 21.9 Å². The zero-order valence-electron chi connectivity index (χ0n) is 10.1. The van der Waals surface area contributed by atoms with Gasteiger partial charge in [-0.25, -0.2) is 4.21 Å². The second-order valence-corrected chi connectivity index (χ2v) is 5.21. The van der Waals surface area contributed by atoms with Gasteiger partial charge in [0.05, 0.1) is 4.90 Å². The predicted molar refractivity (Wildman–Crippen MR) is 85.6 cm³/mol. The van der Waals surface area contributed by atoms with Gasteiger partial charge in [0, 0.05) is 5.39 Å². The van der Waals surface area contributed by atoms with Crippen molar-refractivity contribution in [3.05, 3.63) is 66.7 Å². The molecule has 0 fully saturated rings. The Labute approximate surface area is 142 Å². The molecule has 1 N–H and O–H groups in total. The van der Waals surface area contributed by atoms with Gasteiger partial charge in [0.1, 0.15) is 0 Å². The summed E-state index contributed by atoms with van der Waals surface area (Å²) in [7, 11) is 0. The van der Waals surface area contributed by atoms with Crippen molar-refractivity contribution in [2.24, 2.45) is 0 Å². The zero-order chi connectivity index (χ0) is 13.2. The molecule has 0 spiro atoms. The van der Waals surface area contributed by atoms with E-state index in [1.165, 1.54) is 0 Å². The molecular weight excluding hydrogens is 279 g/mol. The summed E-state index contributed by atoms with van der Waals surface area (Å²) in [5.41, 5.74) is 2.18. The van der Waals surface area contributed by atoms with Gasteiger partial charge in [0.2, 0.25) is 0 Å². The van der Waals surface area contributed by atoms with Crippen LogP contribution in [0, 0.1) is 0 Å². The Kier molecular flexibility index (Phi) is 5.13. The van der Waals surface area contributed by atoms with Gasteiger partial charge in [0.15, 0.2) is 11.1 Å². The van der Waals surface area contributed by atoms with Crippen molar-refractivity contribution < 1.29 is 8.76 Å². The molecule has 0 aromatic heterocycles. The van der Waals surface area contributed by atoms with Gasteiger partial charge < -0.3 is 4.55 Å². The van der Waals surface area contributed by atoms with Crippen molar-refractivity contribution in [1.82, 2.24) is 0 Å². The van der Waals surface area contributed by atoms with Gasteiger partial charge in [-0.2, -0.15) is 0 Å². The fourth-order valence-electron chi connectivity index (χ4n) is 2.30. The molecule has 1 unspecified atom stereocenters. The van der Waals surface area contributed by atoms with Gasteiger partial charge in [-0.3, -0.25) is 0 Å². The van der Waals surface area contributed by atoms with Crippen LogP contribution in [0.3, 0.4) is 0 Å². The van der Waals surface area contributed by atoms with Gasteiger partial charge in [0.25, 0.3) is 0 Å². The Morgan fingerprint density at radius 1 is 0.750 bits per heavy atom. The molecular formula is C16H13NaO2S. The second-order valence-electron chi connectivity index (χ2n) is 4.27. The topological polar surface area (TPSA) is 37.3 Å². The van der Waals surface area contributed by atoms with E-state index in [0.29, 0.717) is 4.90 Å². The Morgan fingerprint density at radius 2 is 1.40 bits per heavy atom. The summed E-state index contributed by atoms with van der Waals surface area (Å²) in [5.74, 6) is 0. The molecule has 0 bridgehead atoms. The molecule has 20 heavy (non-hydrogen) atoms. The molecule has 0 amide bonds. The van der Waals surface area contributed by atoms with E-state index in [1.807, 2.05) is 60.7 Å². The third-order valence-corrected chi connectivity index (χ3v) is 3.89. The average molecular weight is 292 g/mol. The van der Waals surface area contributed by atoms with Gasteiger partial charge in [-0.05, 0) is 22.6 Å². The molecule has 0 aliphatic carbocycles. The number of hydrogen-bond donors (Lipinski definition) is 1. The van der Waals surface area contributed by atoms with E-state index < -0.39 is 11.1 Å². The van der Waals surface area contributed by atoms with E-state index in [-0.39, 0.29) is 29.6 Å². The quantitative estimate of drug-likeness (QED) is 0.580. The van der Waals surface area contributed by atoms with Crippen molar-refractivity contribution in [3.63, 3.8) is 0 Å². The maximum absolute atomic E-state index is 11.4. The normalized spacial score (nSPS) is 11.8. The minimum absolute atomic E-state index is 0. The van der Waals surface area contributed by atoms with Crippen LogP contribution in [0.15, 0.2) is 71.6 Å². The van der Waals surface area contributed by atoms with E-state index in [9.17, 15) is 8.76 Å². The van der Waals surface area contributed by atoms with Crippen LogP contribution in [0.5, 0.6) is 0 Å². The molecule has 0 radical (unpaired) electrons. The van der Waals surface area contributed by atoms with Crippen LogP contribution in [0.25, 0.3) is 21.9 Å². The first kappa shape index (κ1) is 15.4. The number of rotatable bonds is 2. The summed E-state index contributed by atoms with van der Waals surface area (Å²) in [6.45, 7) is 0. The third-order valence-electron chi connectivity index (χ3n) is 3.15. The van der Waals surface area contributed by atoms with Crippen LogP contribution in [-0.2, 0) is 11.1 Å². The fraction of sp³-hybridized carbons (Fsp3) is 0. The first-order chi connectivity index (χ1) is 9.27. The molecule has 4 heteroatoms. The minimum atomic E-state index is -1.97. The van der Waals surface area contributed by atoms with Crippen LogP contribution < -0.4 is 0 Å². The molecule has 0 saturated heterocycles. The average Bonchev–Trinajstić information content (AvgIpc) is 2.46. The van der Waals surface area contributed by atoms with Gasteiger partial charge in [-0.1, -0.05) is 60.7 Å². The van der Waals surface area contributed by atoms with E-state index in [2.05, 4.69) is 0 Å². The summed E-state index contributed by atoms with van der Waals surface area (Å²) in [5, 5.41) is 1.82. The molecule has 0 heterocycles. The Balaban J connectivity index is 0.00000147. The summed E-state index contributed by atoms with van der Waals surface area (Å²) >= 11 is -1.97. The molecule has 2 nitrogen and oxygen atoms in total. The first-order valence-corrected chi connectivity index (χ1v) is 7.06. The number of hydrogen-bond acceptors (Lipinski definition) is 1. The number of benzene rings is 3. The van der Waals surface area contributed by atoms with Crippen molar-refractivity contribution in [2.45, 2.75) is 4.90 Å². The van der Waals surface area contributed by atoms with Crippen molar-refractivity contribution in [2.75, 3.05) is 0 Å². The molecule has 0 saturated carbocycles. The van der Waals surface area contributed by atoms with Crippen LogP contribution in [-0.4, -0.2) is 38.3 Å². The summed E-state index contributed by atoms with van der Waals surface area (Å²) < 4.78 is 20.7. The number of fused-ring (bicyclic) bond motifs is 1. The second kappa shape index (κ2) is 6.66. The molecule has 96 valence electrons. The van der Waals surface area contributed by atoms with E-state index in [4.69, 9.17) is 0 Å². The molecule has 3 aromatic rings. The van der Waals surface area contributed by atoms with Crippen LogP contribution >= 0.6 is 0 Å². The van der Waals surface area contributed by atoms with Crippen molar-refractivity contribution >= 4 is 51.4 Å². The Hall–Kier alpha value is -0.970. The predicted octanol–water partition coefficient (Wildman–Crippen LogP) is 3.44. The van der Waals surface area contributed by atoms with E-state index >= 15 is 0 Å². The molecule has 3 aromatic carbocycles. The summed E-state index contributed by atoms with van der Waals surface area (Å²) in [4.78, 5) is 0.454. The Bertz CT molecular complexity index is 757.